The number of esters is 1. The second-order valence-electron chi connectivity index (χ2n) is 8.76. The number of carbonyl (C=O) groups excluding carboxylic acids is 1. The van der Waals surface area contributed by atoms with Crippen LogP contribution < -0.4 is 0 Å². The predicted octanol–water partition coefficient (Wildman–Crippen LogP) is 6.54. The molecule has 168 valence electrons. The third-order valence-electron chi connectivity index (χ3n) is 6.55. The lowest BCUT2D eigenvalue weighted by atomic mass is 9.68. The molecule has 31 heavy (non-hydrogen) atoms. The molecule has 0 saturated carbocycles. The van der Waals surface area contributed by atoms with E-state index >= 15 is 0 Å². The van der Waals surface area contributed by atoms with Crippen LogP contribution in [0.25, 0.3) is 0 Å². The minimum absolute atomic E-state index is 0.0249. The summed E-state index contributed by atoms with van der Waals surface area (Å²) in [5, 5.41) is 19.7. The van der Waals surface area contributed by atoms with Gasteiger partial charge in [-0.2, -0.15) is 0 Å². The number of aromatic hydroxyl groups is 2. The van der Waals surface area contributed by atoms with Crippen LogP contribution in [-0.4, -0.2) is 29.0 Å². The maximum absolute atomic E-state index is 11.2. The molecule has 1 aliphatic heterocycles. The van der Waals surface area contributed by atoms with Crippen LogP contribution in [0.5, 0.6) is 11.5 Å². The average Bonchev–Trinajstić information content (AvgIpc) is 2.77. The number of hydrogen-bond donors (Lipinski definition) is 2. The standard InChI is InChI=1S/C26H34O4S/c1-26(19-11-13-20(27)14-12-19)18-31-24-17-21(28)15-16-22(24)23(26)9-7-5-3-4-6-8-10-25(29)30-2/h11-17,23,27-28H,3-10,18H2,1-2H3. The van der Waals surface area contributed by atoms with Gasteiger partial charge in [-0.3, -0.25) is 4.79 Å². The molecule has 2 unspecified atom stereocenters. The van der Waals surface area contributed by atoms with Crippen molar-refractivity contribution >= 4 is 17.7 Å². The number of hydrogen-bond acceptors (Lipinski definition) is 5. The number of thioether (sulfide) groups is 1. The van der Waals surface area contributed by atoms with Crippen LogP contribution in [0.2, 0.25) is 0 Å². The highest BCUT2D eigenvalue weighted by Gasteiger charge is 2.41. The third-order valence-corrected chi connectivity index (χ3v) is 7.96. The Bertz CT molecular complexity index is 864. The van der Waals surface area contributed by atoms with Crippen molar-refractivity contribution in [3.8, 4) is 11.5 Å². The van der Waals surface area contributed by atoms with Gasteiger partial charge in [-0.1, -0.05) is 57.2 Å². The molecular formula is C26H34O4S. The number of phenolic OH excluding ortho intramolecular Hbond substituents is 2. The van der Waals surface area contributed by atoms with Gasteiger partial charge >= 0.3 is 5.97 Å². The third kappa shape index (κ3) is 5.97. The Kier molecular flexibility index (Phi) is 8.30. The predicted molar refractivity (Wildman–Crippen MR) is 126 cm³/mol. The van der Waals surface area contributed by atoms with Gasteiger partial charge in [0.2, 0.25) is 0 Å². The second-order valence-corrected chi connectivity index (χ2v) is 9.78. The van der Waals surface area contributed by atoms with Gasteiger partial charge < -0.3 is 14.9 Å². The zero-order valence-electron chi connectivity index (χ0n) is 18.6. The summed E-state index contributed by atoms with van der Waals surface area (Å²) in [6, 6.07) is 13.4. The molecule has 2 aromatic carbocycles. The molecule has 0 bridgehead atoms. The van der Waals surface area contributed by atoms with Gasteiger partial charge in [0.15, 0.2) is 0 Å². The Labute approximate surface area is 190 Å². The second kappa shape index (κ2) is 10.9. The van der Waals surface area contributed by atoms with Crippen LogP contribution in [0.4, 0.5) is 0 Å². The number of phenols is 2. The monoisotopic (exact) mass is 442 g/mol. The summed E-state index contributed by atoms with van der Waals surface area (Å²) < 4.78 is 4.69. The minimum Gasteiger partial charge on any atom is -0.508 e. The van der Waals surface area contributed by atoms with Crippen LogP contribution >= 0.6 is 11.8 Å². The summed E-state index contributed by atoms with van der Waals surface area (Å²) >= 11 is 1.81. The normalized spacial score (nSPS) is 20.3. The first-order chi connectivity index (χ1) is 14.9. The summed E-state index contributed by atoms with van der Waals surface area (Å²) in [6.45, 7) is 2.33. The molecule has 0 radical (unpaired) electrons. The summed E-state index contributed by atoms with van der Waals surface area (Å²) in [5.74, 6) is 1.82. The van der Waals surface area contributed by atoms with Crippen molar-refractivity contribution in [2.24, 2.45) is 0 Å². The van der Waals surface area contributed by atoms with Gasteiger partial charge in [0.1, 0.15) is 11.5 Å². The average molecular weight is 443 g/mol. The molecule has 0 aromatic heterocycles. The molecule has 5 heteroatoms. The Morgan fingerprint density at radius 3 is 2.35 bits per heavy atom. The highest BCUT2D eigenvalue weighted by atomic mass is 32.2. The molecule has 1 aliphatic rings. The van der Waals surface area contributed by atoms with E-state index in [1.165, 1.54) is 36.0 Å². The van der Waals surface area contributed by atoms with Gasteiger partial charge in [0, 0.05) is 22.5 Å². The van der Waals surface area contributed by atoms with Crippen molar-refractivity contribution in [1.82, 2.24) is 0 Å². The Hall–Kier alpha value is -2.14. The fraction of sp³-hybridized carbons (Fsp3) is 0.500. The lowest BCUT2D eigenvalue weighted by Crippen LogP contribution is -2.36. The van der Waals surface area contributed by atoms with Crippen LogP contribution in [0.3, 0.4) is 0 Å². The molecule has 4 nitrogen and oxygen atoms in total. The van der Waals surface area contributed by atoms with E-state index in [9.17, 15) is 15.0 Å². The van der Waals surface area contributed by atoms with Crippen molar-refractivity contribution in [3.05, 3.63) is 53.6 Å². The first kappa shape index (κ1) is 23.5. The number of carbonyl (C=O) groups is 1. The van der Waals surface area contributed by atoms with E-state index < -0.39 is 0 Å². The Morgan fingerprint density at radius 2 is 1.65 bits per heavy atom. The SMILES string of the molecule is COC(=O)CCCCCCCCC1c2ccc(O)cc2SCC1(C)c1ccc(O)cc1. The van der Waals surface area contributed by atoms with Crippen molar-refractivity contribution < 1.29 is 19.7 Å². The van der Waals surface area contributed by atoms with E-state index in [1.54, 1.807) is 18.2 Å². The molecule has 0 fully saturated rings. The van der Waals surface area contributed by atoms with Gasteiger partial charge in [-0.05, 0) is 54.2 Å². The topological polar surface area (TPSA) is 66.8 Å². The highest BCUT2D eigenvalue weighted by Crippen LogP contribution is 2.52. The Balaban J connectivity index is 1.63. The molecule has 2 aromatic rings. The van der Waals surface area contributed by atoms with E-state index in [0.29, 0.717) is 23.8 Å². The largest absolute Gasteiger partial charge is 0.508 e. The summed E-state index contributed by atoms with van der Waals surface area (Å²) in [4.78, 5) is 12.4. The number of fused-ring (bicyclic) bond motifs is 1. The lowest BCUT2D eigenvalue weighted by Gasteiger charge is -2.43. The highest BCUT2D eigenvalue weighted by molar-refractivity contribution is 7.99. The first-order valence-electron chi connectivity index (χ1n) is 11.3. The van der Waals surface area contributed by atoms with Gasteiger partial charge in [-0.25, -0.2) is 0 Å². The lowest BCUT2D eigenvalue weighted by molar-refractivity contribution is -0.140. The quantitative estimate of drug-likeness (QED) is 0.323. The van der Waals surface area contributed by atoms with Crippen molar-refractivity contribution in [1.29, 1.82) is 0 Å². The Morgan fingerprint density at radius 1 is 1.00 bits per heavy atom. The van der Waals surface area contributed by atoms with E-state index in [-0.39, 0.29) is 11.4 Å². The molecule has 0 saturated heterocycles. The van der Waals surface area contributed by atoms with Crippen molar-refractivity contribution in [2.45, 2.75) is 74.5 Å². The molecule has 2 N–H and O–H groups in total. The van der Waals surface area contributed by atoms with Crippen LogP contribution in [0.1, 0.15) is 75.3 Å². The van der Waals surface area contributed by atoms with Gasteiger partial charge in [-0.15, -0.1) is 11.8 Å². The van der Waals surface area contributed by atoms with Gasteiger partial charge in [0.25, 0.3) is 0 Å². The number of ether oxygens (including phenoxy) is 1. The fourth-order valence-electron chi connectivity index (χ4n) is 4.64. The first-order valence-corrected chi connectivity index (χ1v) is 12.2. The maximum atomic E-state index is 11.2. The minimum atomic E-state index is -0.117. The number of methoxy groups -OCH3 is 1. The number of unbranched alkanes of at least 4 members (excludes halogenated alkanes) is 5. The van der Waals surface area contributed by atoms with Crippen molar-refractivity contribution in [2.75, 3.05) is 12.9 Å². The van der Waals surface area contributed by atoms with Crippen molar-refractivity contribution in [3.63, 3.8) is 0 Å². The van der Waals surface area contributed by atoms with E-state index in [4.69, 9.17) is 4.74 Å². The van der Waals surface area contributed by atoms with E-state index in [0.717, 1.165) is 37.9 Å². The molecule has 2 atom stereocenters. The fourth-order valence-corrected chi connectivity index (χ4v) is 6.04. The molecule has 1 heterocycles. The number of benzene rings is 2. The number of rotatable bonds is 10. The summed E-state index contributed by atoms with van der Waals surface area (Å²) in [5.41, 5.74) is 2.55. The maximum Gasteiger partial charge on any atom is 0.305 e. The summed E-state index contributed by atoms with van der Waals surface area (Å²) in [7, 11) is 1.44. The molecule has 0 amide bonds. The van der Waals surface area contributed by atoms with E-state index in [1.807, 2.05) is 17.8 Å². The van der Waals surface area contributed by atoms with E-state index in [2.05, 4.69) is 25.1 Å². The van der Waals surface area contributed by atoms with Crippen LogP contribution in [0, 0.1) is 0 Å². The smallest absolute Gasteiger partial charge is 0.305 e. The summed E-state index contributed by atoms with van der Waals surface area (Å²) in [6.07, 6.45) is 8.26. The molecular weight excluding hydrogens is 408 g/mol. The zero-order chi connectivity index (χ0) is 22.3. The zero-order valence-corrected chi connectivity index (χ0v) is 19.4. The molecule has 3 rings (SSSR count). The van der Waals surface area contributed by atoms with Crippen LogP contribution in [-0.2, 0) is 14.9 Å². The van der Waals surface area contributed by atoms with Crippen LogP contribution in [0.15, 0.2) is 47.4 Å². The molecule has 0 aliphatic carbocycles. The molecule has 0 spiro atoms. The van der Waals surface area contributed by atoms with Gasteiger partial charge in [0.05, 0.1) is 7.11 Å².